The average molecular weight is 258 g/mol. The van der Waals surface area contributed by atoms with Gasteiger partial charge in [0.2, 0.25) is 0 Å². The zero-order chi connectivity index (χ0) is 13.8. The first-order valence-corrected chi connectivity index (χ1v) is 6.99. The van der Waals surface area contributed by atoms with Gasteiger partial charge in [-0.1, -0.05) is 13.0 Å². The molecule has 0 aliphatic heterocycles. The first-order valence-electron chi connectivity index (χ1n) is 6.99. The molecule has 0 radical (unpaired) electrons. The second-order valence-corrected chi connectivity index (χ2v) is 5.62. The molecule has 0 aromatic heterocycles. The highest BCUT2D eigenvalue weighted by Gasteiger charge is 2.14. The number of rotatable bonds is 2. The van der Waals surface area contributed by atoms with Gasteiger partial charge in [0, 0.05) is 11.3 Å². The van der Waals surface area contributed by atoms with Gasteiger partial charge in [0.1, 0.15) is 0 Å². The molecule has 0 heterocycles. The fourth-order valence-electron chi connectivity index (χ4n) is 2.44. The summed E-state index contributed by atoms with van der Waals surface area (Å²) < 4.78 is 0. The molecule has 19 heavy (non-hydrogen) atoms. The quantitative estimate of drug-likeness (QED) is 0.809. The topological polar surface area (TPSA) is 41.5 Å². The van der Waals surface area contributed by atoms with Crippen LogP contribution in [0, 0.1) is 19.8 Å². The predicted molar refractivity (Wildman–Crippen MR) is 78.4 cm³/mol. The lowest BCUT2D eigenvalue weighted by Crippen LogP contribution is -2.22. The Morgan fingerprint density at radius 3 is 2.79 bits per heavy atom. The Hall–Kier alpha value is -1.64. The number of hydrogen-bond donors (Lipinski definition) is 1. The minimum absolute atomic E-state index is 0.117. The summed E-state index contributed by atoms with van der Waals surface area (Å²) in [6.45, 7) is 6.29. The minimum atomic E-state index is -0.117. The van der Waals surface area contributed by atoms with Gasteiger partial charge in [0.15, 0.2) is 0 Å². The van der Waals surface area contributed by atoms with E-state index in [1.165, 1.54) is 18.4 Å². The van der Waals surface area contributed by atoms with E-state index in [4.69, 9.17) is 0 Å². The minimum Gasteiger partial charge on any atom is -0.267 e. The molecular formula is C16H22N2O. The van der Waals surface area contributed by atoms with Gasteiger partial charge in [-0.15, -0.1) is 0 Å². The largest absolute Gasteiger partial charge is 0.271 e. The van der Waals surface area contributed by atoms with Crippen LogP contribution in [0.15, 0.2) is 23.3 Å². The molecular weight excluding hydrogens is 236 g/mol. The number of nitrogens with zero attached hydrogens (tertiary/aromatic N) is 1. The lowest BCUT2D eigenvalue weighted by molar-refractivity contribution is 0.0954. The van der Waals surface area contributed by atoms with Crippen molar-refractivity contribution in [2.75, 3.05) is 0 Å². The van der Waals surface area contributed by atoms with E-state index in [9.17, 15) is 4.79 Å². The second-order valence-electron chi connectivity index (χ2n) is 5.62. The summed E-state index contributed by atoms with van der Waals surface area (Å²) in [4.78, 5) is 12.0. The molecule has 1 saturated carbocycles. The van der Waals surface area contributed by atoms with Gasteiger partial charge in [-0.3, -0.25) is 4.79 Å². The zero-order valence-electron chi connectivity index (χ0n) is 12.0. The third-order valence-corrected chi connectivity index (χ3v) is 3.83. The molecule has 0 spiro atoms. The van der Waals surface area contributed by atoms with Crippen LogP contribution in [0.5, 0.6) is 0 Å². The van der Waals surface area contributed by atoms with Crippen molar-refractivity contribution in [2.45, 2.75) is 46.5 Å². The standard InChI is InChI=1S/C16H22N2O/c1-11-5-4-6-15(9-11)17-18-16(19)14-8-7-12(2)13(3)10-14/h7-8,10-11H,4-6,9H2,1-3H3,(H,18,19). The number of benzene rings is 1. The van der Waals surface area contributed by atoms with Crippen molar-refractivity contribution < 1.29 is 4.79 Å². The van der Waals surface area contributed by atoms with Crippen LogP contribution in [-0.4, -0.2) is 11.6 Å². The Bertz CT molecular complexity index is 505. The summed E-state index contributed by atoms with van der Waals surface area (Å²) in [6, 6.07) is 5.73. The molecule has 3 nitrogen and oxygen atoms in total. The predicted octanol–water partition coefficient (Wildman–Crippen LogP) is 3.60. The van der Waals surface area contributed by atoms with Crippen LogP contribution >= 0.6 is 0 Å². The number of carbonyl (C=O) groups excluding carboxylic acids is 1. The highest BCUT2D eigenvalue weighted by atomic mass is 16.2. The normalized spacial score (nSPS) is 21.4. The fourth-order valence-corrected chi connectivity index (χ4v) is 2.44. The summed E-state index contributed by atoms with van der Waals surface area (Å²) >= 11 is 0. The Morgan fingerprint density at radius 2 is 2.11 bits per heavy atom. The summed E-state index contributed by atoms with van der Waals surface area (Å²) in [5, 5.41) is 4.28. The molecule has 1 unspecified atom stereocenters. The highest BCUT2D eigenvalue weighted by molar-refractivity contribution is 5.95. The van der Waals surface area contributed by atoms with E-state index >= 15 is 0 Å². The van der Waals surface area contributed by atoms with Crippen LogP contribution in [0.4, 0.5) is 0 Å². The SMILES string of the molecule is Cc1ccc(C(=O)NN=C2CCCC(C)C2)cc1C. The third-order valence-electron chi connectivity index (χ3n) is 3.83. The number of amides is 1. The van der Waals surface area contributed by atoms with Crippen molar-refractivity contribution in [2.24, 2.45) is 11.0 Å². The van der Waals surface area contributed by atoms with Crippen LogP contribution in [0.25, 0.3) is 0 Å². The first-order chi connectivity index (χ1) is 9.06. The lowest BCUT2D eigenvalue weighted by Gasteiger charge is -2.18. The van der Waals surface area contributed by atoms with E-state index in [1.54, 1.807) is 0 Å². The van der Waals surface area contributed by atoms with Crippen LogP contribution in [-0.2, 0) is 0 Å². The maximum Gasteiger partial charge on any atom is 0.271 e. The number of hydrogen-bond acceptors (Lipinski definition) is 2. The molecule has 1 N–H and O–H groups in total. The smallest absolute Gasteiger partial charge is 0.267 e. The van der Waals surface area contributed by atoms with Gasteiger partial charge in [-0.05, 0) is 68.7 Å². The monoisotopic (exact) mass is 258 g/mol. The van der Waals surface area contributed by atoms with E-state index in [0.717, 1.165) is 24.1 Å². The van der Waals surface area contributed by atoms with Gasteiger partial charge in [-0.25, -0.2) is 5.43 Å². The Labute approximate surface area is 115 Å². The lowest BCUT2D eigenvalue weighted by atomic mass is 9.89. The summed E-state index contributed by atoms with van der Waals surface area (Å²) in [7, 11) is 0. The van der Waals surface area contributed by atoms with E-state index in [2.05, 4.69) is 17.5 Å². The van der Waals surface area contributed by atoms with Crippen molar-refractivity contribution in [3.63, 3.8) is 0 Å². The van der Waals surface area contributed by atoms with Crippen LogP contribution < -0.4 is 5.43 Å². The van der Waals surface area contributed by atoms with E-state index < -0.39 is 0 Å². The summed E-state index contributed by atoms with van der Waals surface area (Å²) in [5.41, 5.74) is 6.81. The molecule has 1 amide bonds. The number of nitrogens with one attached hydrogen (secondary N) is 1. The van der Waals surface area contributed by atoms with Crippen LogP contribution in [0.3, 0.4) is 0 Å². The van der Waals surface area contributed by atoms with E-state index in [-0.39, 0.29) is 5.91 Å². The number of hydrazone groups is 1. The average Bonchev–Trinajstić information content (AvgIpc) is 2.39. The highest BCUT2D eigenvalue weighted by Crippen LogP contribution is 2.21. The molecule has 102 valence electrons. The molecule has 1 aliphatic rings. The third kappa shape index (κ3) is 3.66. The van der Waals surface area contributed by atoms with E-state index in [1.807, 2.05) is 32.0 Å². The van der Waals surface area contributed by atoms with Crippen molar-refractivity contribution in [3.8, 4) is 0 Å². The maximum absolute atomic E-state index is 12.0. The van der Waals surface area contributed by atoms with Crippen molar-refractivity contribution in [3.05, 3.63) is 34.9 Å². The maximum atomic E-state index is 12.0. The second kappa shape index (κ2) is 6.00. The summed E-state index contributed by atoms with van der Waals surface area (Å²) in [6.07, 6.45) is 4.47. The Balaban J connectivity index is 2.00. The van der Waals surface area contributed by atoms with Gasteiger partial charge in [-0.2, -0.15) is 5.10 Å². The molecule has 2 rings (SSSR count). The van der Waals surface area contributed by atoms with Gasteiger partial charge < -0.3 is 0 Å². The molecule has 1 atom stereocenters. The molecule has 0 saturated heterocycles. The number of aryl methyl sites for hydroxylation is 2. The first kappa shape index (κ1) is 13.8. The molecule has 1 aromatic rings. The van der Waals surface area contributed by atoms with Crippen LogP contribution in [0.2, 0.25) is 0 Å². The zero-order valence-corrected chi connectivity index (χ0v) is 12.0. The van der Waals surface area contributed by atoms with Crippen LogP contribution in [0.1, 0.15) is 54.1 Å². The van der Waals surface area contributed by atoms with Gasteiger partial charge >= 0.3 is 0 Å². The Kier molecular flexibility index (Phi) is 4.35. The van der Waals surface area contributed by atoms with Crippen molar-refractivity contribution >= 4 is 11.6 Å². The molecule has 1 aliphatic carbocycles. The molecule has 1 fully saturated rings. The number of carbonyl (C=O) groups is 1. The fraction of sp³-hybridized carbons (Fsp3) is 0.500. The van der Waals surface area contributed by atoms with E-state index in [0.29, 0.717) is 11.5 Å². The van der Waals surface area contributed by atoms with Crippen molar-refractivity contribution in [1.29, 1.82) is 0 Å². The van der Waals surface area contributed by atoms with Gasteiger partial charge in [0.25, 0.3) is 5.91 Å². The molecule has 0 bridgehead atoms. The Morgan fingerprint density at radius 1 is 1.32 bits per heavy atom. The molecule has 3 heteroatoms. The summed E-state index contributed by atoms with van der Waals surface area (Å²) in [5.74, 6) is 0.569. The van der Waals surface area contributed by atoms with Crippen molar-refractivity contribution in [1.82, 2.24) is 5.43 Å². The molecule has 1 aromatic carbocycles. The van der Waals surface area contributed by atoms with Gasteiger partial charge in [0.05, 0.1) is 0 Å².